The van der Waals surface area contributed by atoms with Gasteiger partial charge in [0.1, 0.15) is 0 Å². The Labute approximate surface area is 125 Å². The molecule has 110 valence electrons. The van der Waals surface area contributed by atoms with E-state index in [2.05, 4.69) is 14.7 Å². The Balaban J connectivity index is 1.69. The fourth-order valence-electron chi connectivity index (χ4n) is 2.52. The van der Waals surface area contributed by atoms with Crippen molar-refractivity contribution < 1.29 is 15.0 Å². The molecule has 7 heteroatoms. The molecule has 0 amide bonds. The molecule has 21 heavy (non-hydrogen) atoms. The number of aliphatic hydroxyl groups excluding tert-OH is 1. The number of hydrogen-bond acceptors (Lipinski definition) is 6. The fraction of sp³-hybridized carbons (Fsp3) is 0.357. The lowest BCUT2D eigenvalue weighted by atomic mass is 10.1. The zero-order valence-corrected chi connectivity index (χ0v) is 12.0. The topological polar surface area (TPSA) is 95.3 Å². The van der Waals surface area contributed by atoms with Gasteiger partial charge < -0.3 is 15.5 Å². The zero-order valence-electron chi connectivity index (χ0n) is 11.1. The molecular weight excluding hydrogens is 290 g/mol. The van der Waals surface area contributed by atoms with Crippen LogP contribution in [-0.4, -0.2) is 37.7 Å². The van der Waals surface area contributed by atoms with Gasteiger partial charge in [0.25, 0.3) is 0 Å². The lowest BCUT2D eigenvalue weighted by Crippen LogP contribution is -2.27. The minimum Gasteiger partial charge on any atom is -0.481 e. The van der Waals surface area contributed by atoms with Gasteiger partial charge in [0, 0.05) is 17.1 Å². The Morgan fingerprint density at radius 3 is 2.71 bits per heavy atom. The summed E-state index contributed by atoms with van der Waals surface area (Å²) in [7, 11) is 0. The first-order chi connectivity index (χ1) is 10.1. The molecule has 2 aromatic rings. The van der Waals surface area contributed by atoms with Gasteiger partial charge in [-0.1, -0.05) is 30.3 Å². The average molecular weight is 305 g/mol. The minimum absolute atomic E-state index is 0.275. The molecule has 3 N–H and O–H groups in total. The lowest BCUT2D eigenvalue weighted by molar-refractivity contribution is -0.141. The molecule has 1 saturated carbocycles. The van der Waals surface area contributed by atoms with Crippen LogP contribution in [0, 0.1) is 5.92 Å². The molecule has 3 atom stereocenters. The molecule has 0 spiro atoms. The third-order valence-corrected chi connectivity index (χ3v) is 4.29. The number of nitrogens with one attached hydrogen (secondary N) is 1. The molecule has 1 heterocycles. The molecule has 0 aliphatic heterocycles. The second-order valence-corrected chi connectivity index (χ2v) is 5.87. The molecule has 1 aliphatic carbocycles. The Kier molecular flexibility index (Phi) is 3.85. The van der Waals surface area contributed by atoms with E-state index in [1.54, 1.807) is 0 Å². The number of anilines is 1. The third kappa shape index (κ3) is 3.03. The summed E-state index contributed by atoms with van der Waals surface area (Å²) >= 11 is 1.21. The van der Waals surface area contributed by atoms with E-state index >= 15 is 0 Å². The van der Waals surface area contributed by atoms with Gasteiger partial charge in [-0.05, 0) is 12.8 Å². The monoisotopic (exact) mass is 305 g/mol. The number of aliphatic carboxylic acids is 1. The van der Waals surface area contributed by atoms with Crippen molar-refractivity contribution >= 4 is 22.6 Å². The maximum Gasteiger partial charge on any atom is 0.306 e. The molecule has 0 saturated heterocycles. The van der Waals surface area contributed by atoms with Crippen molar-refractivity contribution in [2.24, 2.45) is 5.92 Å². The summed E-state index contributed by atoms with van der Waals surface area (Å²) in [4.78, 5) is 15.4. The molecule has 0 radical (unpaired) electrons. The highest BCUT2D eigenvalue weighted by Crippen LogP contribution is 2.30. The van der Waals surface area contributed by atoms with Crippen LogP contribution in [-0.2, 0) is 4.79 Å². The van der Waals surface area contributed by atoms with Crippen LogP contribution in [0.25, 0.3) is 11.4 Å². The van der Waals surface area contributed by atoms with Gasteiger partial charge in [-0.25, -0.2) is 0 Å². The van der Waals surface area contributed by atoms with Crippen LogP contribution in [0.1, 0.15) is 12.8 Å². The lowest BCUT2D eigenvalue weighted by Gasteiger charge is -2.14. The number of aromatic nitrogens is 2. The zero-order chi connectivity index (χ0) is 14.8. The van der Waals surface area contributed by atoms with Crippen molar-refractivity contribution in [2.75, 3.05) is 5.32 Å². The summed E-state index contributed by atoms with van der Waals surface area (Å²) in [6.07, 6.45) is 0.00356. The Bertz CT molecular complexity index is 631. The van der Waals surface area contributed by atoms with Gasteiger partial charge in [-0.2, -0.15) is 9.36 Å². The van der Waals surface area contributed by atoms with E-state index in [1.807, 2.05) is 30.3 Å². The number of aliphatic hydroxyl groups is 1. The van der Waals surface area contributed by atoms with Crippen LogP contribution in [0.3, 0.4) is 0 Å². The van der Waals surface area contributed by atoms with Gasteiger partial charge in [-0.3, -0.25) is 4.79 Å². The molecule has 3 rings (SSSR count). The van der Waals surface area contributed by atoms with Crippen molar-refractivity contribution in [2.45, 2.75) is 25.0 Å². The number of rotatable bonds is 4. The van der Waals surface area contributed by atoms with Crippen molar-refractivity contribution in [3.05, 3.63) is 30.3 Å². The van der Waals surface area contributed by atoms with Crippen molar-refractivity contribution in [3.8, 4) is 11.4 Å². The number of benzene rings is 1. The highest BCUT2D eigenvalue weighted by Gasteiger charge is 2.37. The van der Waals surface area contributed by atoms with Crippen LogP contribution in [0.4, 0.5) is 5.13 Å². The SMILES string of the molecule is O=C(O)C1CC(O)C(Nc2nc(-c3ccccc3)ns2)C1. The first-order valence-corrected chi connectivity index (χ1v) is 7.47. The highest BCUT2D eigenvalue weighted by atomic mass is 32.1. The summed E-state index contributed by atoms with van der Waals surface area (Å²) in [5.74, 6) is -0.732. The second kappa shape index (κ2) is 5.79. The minimum atomic E-state index is -0.861. The van der Waals surface area contributed by atoms with Crippen LogP contribution < -0.4 is 5.32 Å². The first-order valence-electron chi connectivity index (χ1n) is 6.70. The van der Waals surface area contributed by atoms with E-state index in [4.69, 9.17) is 5.11 Å². The predicted molar refractivity (Wildman–Crippen MR) is 79.1 cm³/mol. The average Bonchev–Trinajstić information content (AvgIpc) is 3.08. The predicted octanol–water partition coefficient (Wildman–Crippen LogP) is 1.84. The Morgan fingerprint density at radius 1 is 1.29 bits per heavy atom. The smallest absolute Gasteiger partial charge is 0.306 e. The number of carboxylic acids is 1. The van der Waals surface area contributed by atoms with Crippen LogP contribution in [0.5, 0.6) is 0 Å². The van der Waals surface area contributed by atoms with E-state index in [0.717, 1.165) is 5.56 Å². The summed E-state index contributed by atoms with van der Waals surface area (Å²) in [5.41, 5.74) is 0.928. The van der Waals surface area contributed by atoms with Gasteiger partial charge in [-0.15, -0.1) is 0 Å². The van der Waals surface area contributed by atoms with E-state index in [1.165, 1.54) is 11.5 Å². The van der Waals surface area contributed by atoms with E-state index in [0.29, 0.717) is 17.4 Å². The van der Waals surface area contributed by atoms with Crippen LogP contribution in [0.2, 0.25) is 0 Å². The highest BCUT2D eigenvalue weighted by molar-refractivity contribution is 7.09. The molecule has 6 nitrogen and oxygen atoms in total. The quantitative estimate of drug-likeness (QED) is 0.798. The second-order valence-electron chi connectivity index (χ2n) is 5.11. The van der Waals surface area contributed by atoms with Crippen molar-refractivity contribution in [3.63, 3.8) is 0 Å². The van der Waals surface area contributed by atoms with Crippen molar-refractivity contribution in [1.29, 1.82) is 0 Å². The van der Waals surface area contributed by atoms with Gasteiger partial charge in [0.2, 0.25) is 5.13 Å². The first kappa shape index (κ1) is 14.0. The number of carboxylic acid groups (broad SMARTS) is 1. The third-order valence-electron chi connectivity index (χ3n) is 3.65. The van der Waals surface area contributed by atoms with E-state index in [-0.39, 0.29) is 12.5 Å². The normalized spacial score (nSPS) is 24.9. The maximum absolute atomic E-state index is 11.0. The van der Waals surface area contributed by atoms with Gasteiger partial charge in [0.15, 0.2) is 5.82 Å². The van der Waals surface area contributed by atoms with E-state index in [9.17, 15) is 9.90 Å². The summed E-state index contributed by atoms with van der Waals surface area (Å²) in [5, 5.41) is 22.6. The van der Waals surface area contributed by atoms with Crippen LogP contribution >= 0.6 is 11.5 Å². The number of nitrogens with zero attached hydrogens (tertiary/aromatic N) is 2. The number of carbonyl (C=O) groups is 1. The Hall–Kier alpha value is -1.99. The van der Waals surface area contributed by atoms with Crippen LogP contribution in [0.15, 0.2) is 30.3 Å². The molecule has 0 bridgehead atoms. The van der Waals surface area contributed by atoms with Gasteiger partial charge >= 0.3 is 5.97 Å². The molecule has 1 aromatic heterocycles. The molecule has 1 aromatic carbocycles. The Morgan fingerprint density at radius 2 is 2.05 bits per heavy atom. The summed E-state index contributed by atoms with van der Waals surface area (Å²) in [6, 6.07) is 9.33. The fourth-order valence-corrected chi connectivity index (χ4v) is 3.17. The number of hydrogen-bond donors (Lipinski definition) is 3. The standard InChI is InChI=1S/C14H15N3O3S/c18-11-7-9(13(19)20)6-10(11)15-14-16-12(17-21-14)8-4-2-1-3-5-8/h1-5,9-11,18H,6-7H2,(H,19,20)(H,15,16,17). The largest absolute Gasteiger partial charge is 0.481 e. The summed E-state index contributed by atoms with van der Waals surface area (Å²) < 4.78 is 4.28. The van der Waals surface area contributed by atoms with E-state index < -0.39 is 18.0 Å². The van der Waals surface area contributed by atoms with Crippen molar-refractivity contribution in [1.82, 2.24) is 9.36 Å². The molecule has 1 aliphatic rings. The molecule has 3 unspecified atom stereocenters. The molecular formula is C14H15N3O3S. The summed E-state index contributed by atoms with van der Waals surface area (Å²) in [6.45, 7) is 0. The maximum atomic E-state index is 11.0. The molecule has 1 fully saturated rings. The van der Waals surface area contributed by atoms with Gasteiger partial charge in [0.05, 0.1) is 18.1 Å².